The van der Waals surface area contributed by atoms with Gasteiger partial charge in [0.05, 0.1) is 5.69 Å². The zero-order chi connectivity index (χ0) is 19.3. The van der Waals surface area contributed by atoms with Gasteiger partial charge in [0.2, 0.25) is 5.95 Å². The molecule has 0 radical (unpaired) electrons. The van der Waals surface area contributed by atoms with Gasteiger partial charge in [-0.1, -0.05) is 25.2 Å². The maximum Gasteiger partial charge on any atom is 0.225 e. The van der Waals surface area contributed by atoms with Crippen molar-refractivity contribution in [1.82, 2.24) is 9.97 Å². The first-order valence-electron chi connectivity index (χ1n) is 9.74. The molecule has 0 spiro atoms. The molecule has 3 heterocycles. The van der Waals surface area contributed by atoms with Crippen LogP contribution in [0.1, 0.15) is 12.5 Å². The van der Waals surface area contributed by atoms with Gasteiger partial charge in [-0.3, -0.25) is 0 Å². The predicted molar refractivity (Wildman–Crippen MR) is 114 cm³/mol. The van der Waals surface area contributed by atoms with Crippen molar-refractivity contribution in [1.29, 1.82) is 0 Å². The summed E-state index contributed by atoms with van der Waals surface area (Å²) in [4.78, 5) is 13.8. The molecule has 5 rings (SSSR count). The summed E-state index contributed by atoms with van der Waals surface area (Å²) in [5.41, 5.74) is 3.23. The fraction of sp³-hybridized carbons (Fsp3) is 0.364. The lowest BCUT2D eigenvalue weighted by Crippen LogP contribution is -2.29. The Kier molecular flexibility index (Phi) is 4.46. The first kappa shape index (κ1) is 17.9. The second-order valence-electron chi connectivity index (χ2n) is 8.04. The lowest BCUT2D eigenvalue weighted by Gasteiger charge is -2.24. The van der Waals surface area contributed by atoms with E-state index in [9.17, 15) is 4.39 Å². The molecule has 2 fully saturated rings. The number of benzene rings is 1. The van der Waals surface area contributed by atoms with Crippen LogP contribution in [0.5, 0.6) is 0 Å². The standard InChI is InChI=1S/C22H22BrFN4/c1-14-2-3-15(6-14)16-8-25-22(26-9-16)28-12-17-10-27(11-18(17)13-28)21-7-19(24)4-5-20(21)23/h2-9,14,17-18H,10-13H2,1H3. The Bertz CT molecular complexity index is 942. The number of rotatable bonds is 3. The number of anilines is 2. The Hall–Kier alpha value is -2.21. The Morgan fingerprint density at radius 1 is 1.04 bits per heavy atom. The first-order chi connectivity index (χ1) is 13.6. The van der Waals surface area contributed by atoms with Crippen molar-refractivity contribution >= 4 is 33.1 Å². The van der Waals surface area contributed by atoms with Crippen molar-refractivity contribution in [3.63, 3.8) is 0 Å². The number of fused-ring (bicyclic) bond motifs is 1. The average Bonchev–Trinajstić information content (AvgIpc) is 3.38. The minimum absolute atomic E-state index is 0.188. The van der Waals surface area contributed by atoms with Gasteiger partial charge in [0.1, 0.15) is 5.82 Å². The van der Waals surface area contributed by atoms with Gasteiger partial charge < -0.3 is 9.80 Å². The van der Waals surface area contributed by atoms with Crippen LogP contribution >= 0.6 is 15.9 Å². The molecule has 0 bridgehead atoms. The van der Waals surface area contributed by atoms with Crippen molar-refractivity contribution in [2.24, 2.45) is 17.8 Å². The number of nitrogens with zero attached hydrogens (tertiary/aromatic N) is 4. The van der Waals surface area contributed by atoms with E-state index in [1.807, 2.05) is 12.4 Å². The second-order valence-corrected chi connectivity index (χ2v) is 8.89. The van der Waals surface area contributed by atoms with Gasteiger partial charge in [-0.25, -0.2) is 14.4 Å². The highest BCUT2D eigenvalue weighted by atomic mass is 79.9. The highest BCUT2D eigenvalue weighted by Gasteiger charge is 2.41. The summed E-state index contributed by atoms with van der Waals surface area (Å²) in [5.74, 6) is 2.22. The van der Waals surface area contributed by atoms with Crippen LogP contribution in [0.15, 0.2) is 53.3 Å². The third kappa shape index (κ3) is 3.24. The summed E-state index contributed by atoms with van der Waals surface area (Å²) in [7, 11) is 0. The average molecular weight is 441 g/mol. The summed E-state index contributed by atoms with van der Waals surface area (Å²) in [6.07, 6.45) is 10.4. The van der Waals surface area contributed by atoms with E-state index in [1.165, 1.54) is 11.6 Å². The van der Waals surface area contributed by atoms with Crippen molar-refractivity contribution in [3.05, 3.63) is 64.7 Å². The van der Waals surface area contributed by atoms with E-state index in [1.54, 1.807) is 12.1 Å². The Labute approximate surface area is 172 Å². The van der Waals surface area contributed by atoms with Gasteiger partial charge in [-0.05, 0) is 45.6 Å². The SMILES string of the molecule is CC1C=CC(c2cnc(N3CC4CN(c5cc(F)ccc5Br)CC4C3)nc2)=C1. The van der Waals surface area contributed by atoms with Gasteiger partial charge in [0.15, 0.2) is 0 Å². The molecular formula is C22H22BrFN4. The molecule has 2 aromatic rings. The summed E-state index contributed by atoms with van der Waals surface area (Å²) in [6, 6.07) is 4.90. The van der Waals surface area contributed by atoms with Crippen LogP contribution in [0.3, 0.4) is 0 Å². The van der Waals surface area contributed by atoms with Crippen LogP contribution in [-0.4, -0.2) is 36.1 Å². The molecule has 2 saturated heterocycles. The van der Waals surface area contributed by atoms with Crippen LogP contribution in [-0.2, 0) is 0 Å². The third-order valence-corrected chi connectivity index (χ3v) is 6.68. The van der Waals surface area contributed by atoms with E-state index < -0.39 is 0 Å². The molecule has 1 aromatic heterocycles. The summed E-state index contributed by atoms with van der Waals surface area (Å²) in [6.45, 7) is 5.96. The molecule has 4 nitrogen and oxygen atoms in total. The highest BCUT2D eigenvalue weighted by molar-refractivity contribution is 9.10. The minimum Gasteiger partial charge on any atom is -0.370 e. The Balaban J connectivity index is 1.26. The third-order valence-electron chi connectivity index (χ3n) is 6.01. The van der Waals surface area contributed by atoms with Gasteiger partial charge in [0, 0.05) is 60.4 Å². The van der Waals surface area contributed by atoms with Crippen LogP contribution in [0.2, 0.25) is 0 Å². The smallest absolute Gasteiger partial charge is 0.225 e. The molecule has 3 atom stereocenters. The van der Waals surface area contributed by atoms with Crippen molar-refractivity contribution < 1.29 is 4.39 Å². The molecule has 6 heteroatoms. The zero-order valence-electron chi connectivity index (χ0n) is 15.7. The molecule has 3 aliphatic rings. The molecule has 1 aliphatic carbocycles. The molecule has 3 unspecified atom stereocenters. The summed E-state index contributed by atoms with van der Waals surface area (Å²) >= 11 is 3.56. The fourth-order valence-corrected chi connectivity index (χ4v) is 5.05. The second kappa shape index (κ2) is 6.99. The summed E-state index contributed by atoms with van der Waals surface area (Å²) < 4.78 is 14.6. The van der Waals surface area contributed by atoms with Gasteiger partial charge in [-0.15, -0.1) is 0 Å². The lowest BCUT2D eigenvalue weighted by molar-refractivity contribution is 0.533. The molecule has 0 N–H and O–H groups in total. The number of halogens is 2. The van der Waals surface area contributed by atoms with E-state index in [4.69, 9.17) is 0 Å². The first-order valence-corrected chi connectivity index (χ1v) is 10.5. The normalized spacial score (nSPS) is 26.1. The molecule has 2 aliphatic heterocycles. The largest absolute Gasteiger partial charge is 0.370 e. The number of hydrogen-bond acceptors (Lipinski definition) is 4. The number of allylic oxidation sites excluding steroid dienone is 4. The zero-order valence-corrected chi connectivity index (χ0v) is 17.3. The molecule has 0 amide bonds. The maximum absolute atomic E-state index is 13.7. The van der Waals surface area contributed by atoms with Crippen molar-refractivity contribution in [3.8, 4) is 0 Å². The van der Waals surface area contributed by atoms with Crippen LogP contribution < -0.4 is 9.80 Å². The van der Waals surface area contributed by atoms with Crippen LogP contribution in [0, 0.1) is 23.6 Å². The van der Waals surface area contributed by atoms with E-state index in [-0.39, 0.29) is 5.82 Å². The number of aromatic nitrogens is 2. The topological polar surface area (TPSA) is 32.3 Å². The highest BCUT2D eigenvalue weighted by Crippen LogP contribution is 2.38. The molecular weight excluding hydrogens is 419 g/mol. The van der Waals surface area contributed by atoms with E-state index in [0.29, 0.717) is 17.8 Å². The molecule has 28 heavy (non-hydrogen) atoms. The van der Waals surface area contributed by atoms with Gasteiger partial charge in [-0.2, -0.15) is 0 Å². The monoisotopic (exact) mass is 440 g/mol. The van der Waals surface area contributed by atoms with Gasteiger partial charge in [0.25, 0.3) is 0 Å². The van der Waals surface area contributed by atoms with E-state index in [0.717, 1.165) is 47.9 Å². The van der Waals surface area contributed by atoms with Crippen LogP contribution in [0.25, 0.3) is 5.57 Å². The van der Waals surface area contributed by atoms with Crippen molar-refractivity contribution in [2.75, 3.05) is 36.0 Å². The lowest BCUT2D eigenvalue weighted by atomic mass is 10.0. The quantitative estimate of drug-likeness (QED) is 0.700. The van der Waals surface area contributed by atoms with E-state index in [2.05, 4.69) is 60.8 Å². The number of hydrogen-bond donors (Lipinski definition) is 0. The Morgan fingerprint density at radius 3 is 2.36 bits per heavy atom. The predicted octanol–water partition coefficient (Wildman–Crippen LogP) is 4.54. The van der Waals surface area contributed by atoms with Gasteiger partial charge >= 0.3 is 0 Å². The Morgan fingerprint density at radius 2 is 1.71 bits per heavy atom. The molecule has 0 saturated carbocycles. The minimum atomic E-state index is -0.188. The summed E-state index contributed by atoms with van der Waals surface area (Å²) in [5, 5.41) is 0. The van der Waals surface area contributed by atoms with Crippen molar-refractivity contribution in [2.45, 2.75) is 6.92 Å². The maximum atomic E-state index is 13.7. The molecule has 1 aromatic carbocycles. The van der Waals surface area contributed by atoms with Crippen LogP contribution in [0.4, 0.5) is 16.0 Å². The fourth-order valence-electron chi connectivity index (χ4n) is 4.56. The van der Waals surface area contributed by atoms with E-state index >= 15 is 0 Å². The molecule has 144 valence electrons.